The second kappa shape index (κ2) is 6.10. The number of rotatable bonds is 4. The average Bonchev–Trinajstić information content (AvgIpc) is 2.47. The summed E-state index contributed by atoms with van der Waals surface area (Å²) in [6.07, 6.45) is 5.60. The van der Waals surface area contributed by atoms with Gasteiger partial charge in [0.05, 0.1) is 5.41 Å². The predicted molar refractivity (Wildman–Crippen MR) is 85.8 cm³/mol. The van der Waals surface area contributed by atoms with Gasteiger partial charge in [0.1, 0.15) is 0 Å². The van der Waals surface area contributed by atoms with Crippen LogP contribution < -0.4 is 10.9 Å². The second-order valence-corrected chi connectivity index (χ2v) is 6.01. The number of aromatic nitrogens is 2. The number of hydrogen-bond acceptors (Lipinski definition) is 4. The van der Waals surface area contributed by atoms with Crippen molar-refractivity contribution < 1.29 is 4.79 Å². The Morgan fingerprint density at radius 2 is 1.77 bits per heavy atom. The molecule has 2 aromatic rings. The number of amides is 1. The third kappa shape index (κ3) is 2.74. The summed E-state index contributed by atoms with van der Waals surface area (Å²) < 4.78 is 0. The molecule has 3 rings (SSSR count). The van der Waals surface area contributed by atoms with Gasteiger partial charge < -0.3 is 0 Å². The van der Waals surface area contributed by atoms with Crippen molar-refractivity contribution in [1.82, 2.24) is 15.4 Å². The van der Waals surface area contributed by atoms with Crippen molar-refractivity contribution in [2.24, 2.45) is 0 Å². The van der Waals surface area contributed by atoms with Gasteiger partial charge in [0.15, 0.2) is 11.0 Å². The van der Waals surface area contributed by atoms with E-state index in [1.807, 2.05) is 12.1 Å². The molecule has 0 atom stereocenters. The molecule has 1 aliphatic carbocycles. The molecule has 0 spiro atoms. The lowest BCUT2D eigenvalue weighted by Crippen LogP contribution is -2.50. The minimum Gasteiger partial charge on any atom is -0.279 e. The van der Waals surface area contributed by atoms with Gasteiger partial charge in [-0.1, -0.05) is 41.8 Å². The van der Waals surface area contributed by atoms with E-state index in [2.05, 4.69) is 20.8 Å². The highest BCUT2D eigenvalue weighted by molar-refractivity contribution is 6.31. The summed E-state index contributed by atoms with van der Waals surface area (Å²) >= 11 is 11.8. The van der Waals surface area contributed by atoms with Crippen molar-refractivity contribution in [3.63, 3.8) is 0 Å². The van der Waals surface area contributed by atoms with Crippen molar-refractivity contribution in [3.05, 3.63) is 52.4 Å². The Morgan fingerprint density at radius 1 is 1.09 bits per heavy atom. The molecule has 1 aliphatic rings. The highest BCUT2D eigenvalue weighted by atomic mass is 35.5. The van der Waals surface area contributed by atoms with Gasteiger partial charge in [-0.2, -0.15) is 0 Å². The lowest BCUT2D eigenvalue weighted by molar-refractivity contribution is -0.129. The van der Waals surface area contributed by atoms with Crippen LogP contribution in [0.15, 0.2) is 36.7 Å². The first-order chi connectivity index (χ1) is 10.6. The van der Waals surface area contributed by atoms with Crippen LogP contribution >= 0.6 is 23.2 Å². The van der Waals surface area contributed by atoms with Gasteiger partial charge in [0, 0.05) is 17.4 Å². The molecular weight excluding hydrogens is 323 g/mol. The van der Waals surface area contributed by atoms with Crippen LogP contribution in [-0.2, 0) is 10.2 Å². The molecule has 0 saturated heterocycles. The van der Waals surface area contributed by atoms with Crippen molar-refractivity contribution in [2.75, 3.05) is 5.43 Å². The van der Waals surface area contributed by atoms with Gasteiger partial charge in [0.25, 0.3) is 0 Å². The van der Waals surface area contributed by atoms with Crippen LogP contribution in [0.4, 0.5) is 5.82 Å². The quantitative estimate of drug-likeness (QED) is 0.840. The van der Waals surface area contributed by atoms with Crippen LogP contribution in [-0.4, -0.2) is 15.9 Å². The van der Waals surface area contributed by atoms with Crippen LogP contribution in [0, 0.1) is 0 Å². The molecule has 0 unspecified atom stereocenters. The summed E-state index contributed by atoms with van der Waals surface area (Å²) in [5.41, 5.74) is 5.87. The number of nitrogens with zero attached hydrogens (tertiary/aromatic N) is 2. The van der Waals surface area contributed by atoms with Gasteiger partial charge in [-0.15, -0.1) is 0 Å². The zero-order chi connectivity index (χ0) is 15.6. The number of halogens is 2. The van der Waals surface area contributed by atoms with Crippen LogP contribution in [0.1, 0.15) is 24.8 Å². The number of nitrogens with one attached hydrogen (secondary N) is 2. The Balaban J connectivity index is 1.75. The maximum absolute atomic E-state index is 12.6. The molecule has 22 heavy (non-hydrogen) atoms. The second-order valence-electron chi connectivity index (χ2n) is 5.22. The average molecular weight is 337 g/mol. The molecule has 0 bridgehead atoms. The van der Waals surface area contributed by atoms with Crippen LogP contribution in [0.3, 0.4) is 0 Å². The monoisotopic (exact) mass is 336 g/mol. The first kappa shape index (κ1) is 15.1. The molecule has 114 valence electrons. The highest BCUT2D eigenvalue weighted by Gasteiger charge is 2.45. The summed E-state index contributed by atoms with van der Waals surface area (Å²) in [6, 6.07) is 7.40. The van der Waals surface area contributed by atoms with E-state index in [1.54, 1.807) is 12.1 Å². The summed E-state index contributed by atoms with van der Waals surface area (Å²) in [6.45, 7) is 0. The topological polar surface area (TPSA) is 66.9 Å². The van der Waals surface area contributed by atoms with E-state index in [1.165, 1.54) is 12.4 Å². The Hall–Kier alpha value is -1.85. The standard InChI is InChI=1S/C15H14Cl2N4O/c16-11-4-2-10(3-5-11)15(6-1-7-15)14(22)21-20-13-12(17)18-8-9-19-13/h2-5,8-9H,1,6-7H2,(H,19,20)(H,21,22). The molecular formula is C15H14Cl2N4O. The molecule has 1 aromatic heterocycles. The summed E-state index contributed by atoms with van der Waals surface area (Å²) in [7, 11) is 0. The maximum atomic E-state index is 12.6. The van der Waals surface area contributed by atoms with Crippen molar-refractivity contribution in [2.45, 2.75) is 24.7 Å². The largest absolute Gasteiger partial charge is 0.279 e. The molecule has 5 nitrogen and oxygen atoms in total. The fraction of sp³-hybridized carbons (Fsp3) is 0.267. The molecule has 2 N–H and O–H groups in total. The van der Waals surface area contributed by atoms with Gasteiger partial charge >= 0.3 is 0 Å². The van der Waals surface area contributed by atoms with E-state index in [-0.39, 0.29) is 11.1 Å². The van der Waals surface area contributed by atoms with Gasteiger partial charge in [0.2, 0.25) is 5.91 Å². The molecule has 0 radical (unpaired) electrons. The van der Waals surface area contributed by atoms with Crippen LogP contribution in [0.2, 0.25) is 10.2 Å². The van der Waals surface area contributed by atoms with E-state index in [0.717, 1.165) is 24.8 Å². The van der Waals surface area contributed by atoms with E-state index >= 15 is 0 Å². The molecule has 0 aliphatic heterocycles. The molecule has 7 heteroatoms. The Bertz CT molecular complexity index is 686. The van der Waals surface area contributed by atoms with Crippen molar-refractivity contribution >= 4 is 34.9 Å². The Kier molecular flexibility index (Phi) is 4.18. The molecule has 1 heterocycles. The van der Waals surface area contributed by atoms with Crippen molar-refractivity contribution in [1.29, 1.82) is 0 Å². The normalized spacial score (nSPS) is 15.7. The fourth-order valence-electron chi connectivity index (χ4n) is 2.59. The molecule has 1 saturated carbocycles. The zero-order valence-electron chi connectivity index (χ0n) is 11.6. The highest BCUT2D eigenvalue weighted by Crippen LogP contribution is 2.44. The number of carbonyl (C=O) groups excluding carboxylic acids is 1. The first-order valence-electron chi connectivity index (χ1n) is 6.91. The lowest BCUT2D eigenvalue weighted by Gasteiger charge is -2.40. The van der Waals surface area contributed by atoms with E-state index in [0.29, 0.717) is 10.8 Å². The fourth-order valence-corrected chi connectivity index (χ4v) is 2.86. The van der Waals surface area contributed by atoms with E-state index in [9.17, 15) is 4.79 Å². The van der Waals surface area contributed by atoms with Gasteiger partial charge in [-0.05, 0) is 30.5 Å². The Labute approximate surface area is 138 Å². The minimum absolute atomic E-state index is 0.109. The van der Waals surface area contributed by atoms with Gasteiger partial charge in [-0.3, -0.25) is 15.6 Å². The summed E-state index contributed by atoms with van der Waals surface area (Å²) in [5, 5.41) is 0.861. The molecule has 1 aromatic carbocycles. The third-order valence-corrected chi connectivity index (χ3v) is 4.52. The summed E-state index contributed by atoms with van der Waals surface area (Å²) in [5.74, 6) is 0.214. The number of carbonyl (C=O) groups is 1. The number of hydrazine groups is 1. The minimum atomic E-state index is -0.522. The number of anilines is 1. The lowest BCUT2D eigenvalue weighted by atomic mass is 9.64. The SMILES string of the molecule is O=C(NNc1nccnc1Cl)C1(c2ccc(Cl)cc2)CCC1. The first-order valence-corrected chi connectivity index (χ1v) is 7.66. The number of hydrogen-bond donors (Lipinski definition) is 2. The van der Waals surface area contributed by atoms with Crippen molar-refractivity contribution in [3.8, 4) is 0 Å². The molecule has 1 fully saturated rings. The van der Waals surface area contributed by atoms with E-state index < -0.39 is 5.41 Å². The molecule has 1 amide bonds. The maximum Gasteiger partial charge on any atom is 0.248 e. The third-order valence-electron chi connectivity index (χ3n) is 3.99. The zero-order valence-corrected chi connectivity index (χ0v) is 13.2. The predicted octanol–water partition coefficient (Wildman–Crippen LogP) is 3.35. The van der Waals surface area contributed by atoms with E-state index in [4.69, 9.17) is 23.2 Å². The Morgan fingerprint density at radius 3 is 2.36 bits per heavy atom. The van der Waals surface area contributed by atoms with Crippen LogP contribution in [0.5, 0.6) is 0 Å². The summed E-state index contributed by atoms with van der Waals surface area (Å²) in [4.78, 5) is 20.5. The van der Waals surface area contributed by atoms with Crippen LogP contribution in [0.25, 0.3) is 0 Å². The smallest absolute Gasteiger partial charge is 0.248 e. The number of benzene rings is 1. The van der Waals surface area contributed by atoms with Gasteiger partial charge in [-0.25, -0.2) is 9.97 Å².